The minimum atomic E-state index is -0.634. The number of carbonyl (C=O) groups is 3. The maximum absolute atomic E-state index is 12.2. The van der Waals surface area contributed by atoms with Gasteiger partial charge in [-0.1, -0.05) is 27.2 Å². The summed E-state index contributed by atoms with van der Waals surface area (Å²) in [4.78, 5) is 34.8. The fourth-order valence-electron chi connectivity index (χ4n) is 1.93. The second kappa shape index (κ2) is 11.0. The Morgan fingerprint density at radius 3 is 2.27 bits per heavy atom. The topological polar surface area (TPSA) is 127 Å². The molecule has 0 saturated carbocycles. The number of unbranched alkanes of at least 4 members (excludes halogenated alkanes) is 1. The van der Waals surface area contributed by atoms with Crippen LogP contribution in [0.2, 0.25) is 0 Å². The van der Waals surface area contributed by atoms with Crippen molar-refractivity contribution in [1.82, 2.24) is 10.6 Å². The lowest BCUT2D eigenvalue weighted by Crippen LogP contribution is -2.50. The van der Waals surface area contributed by atoms with E-state index >= 15 is 0 Å². The lowest BCUT2D eigenvalue weighted by atomic mass is 9.99. The Hall–Kier alpha value is -1.63. The van der Waals surface area contributed by atoms with E-state index in [1.165, 1.54) is 0 Å². The van der Waals surface area contributed by atoms with Crippen molar-refractivity contribution in [2.45, 2.75) is 65.0 Å². The van der Waals surface area contributed by atoms with Gasteiger partial charge < -0.3 is 22.1 Å². The number of ketones is 1. The maximum Gasteiger partial charge on any atom is 0.312 e. The lowest BCUT2D eigenvalue weighted by Gasteiger charge is -2.22. The molecule has 0 aromatic carbocycles. The molecule has 0 bridgehead atoms. The molecule has 0 aromatic heterocycles. The molecule has 0 fully saturated rings. The molecule has 0 saturated heterocycles. The van der Waals surface area contributed by atoms with Crippen molar-refractivity contribution in [1.29, 1.82) is 0 Å². The summed E-state index contributed by atoms with van der Waals surface area (Å²) in [6.45, 7) is 6.09. The summed E-state index contributed by atoms with van der Waals surface area (Å²) in [5, 5.41) is 5.20. The number of rotatable bonds is 11. The van der Waals surface area contributed by atoms with Gasteiger partial charge in [0.1, 0.15) is 0 Å². The predicted octanol–water partition coefficient (Wildman–Crippen LogP) is 0.662. The molecule has 6 N–H and O–H groups in total. The molecule has 0 rings (SSSR count). The van der Waals surface area contributed by atoms with Crippen molar-refractivity contribution < 1.29 is 14.4 Å². The van der Waals surface area contributed by atoms with Crippen LogP contribution in [-0.2, 0) is 9.59 Å². The summed E-state index contributed by atoms with van der Waals surface area (Å²) in [6.07, 6.45) is 3.16. The van der Waals surface area contributed by atoms with E-state index in [9.17, 15) is 14.4 Å². The summed E-state index contributed by atoms with van der Waals surface area (Å²) in [5.41, 5.74) is 10.8. The molecule has 2 atom stereocenters. The van der Waals surface area contributed by atoms with Crippen LogP contribution in [0.25, 0.3) is 0 Å². The number of carbonyl (C=O) groups excluding carboxylic acids is 3. The highest BCUT2D eigenvalue weighted by atomic mass is 16.2. The smallest absolute Gasteiger partial charge is 0.312 e. The van der Waals surface area contributed by atoms with Gasteiger partial charge in [0.25, 0.3) is 0 Å². The summed E-state index contributed by atoms with van der Waals surface area (Å²) >= 11 is 0. The monoisotopic (exact) mass is 314 g/mol. The molecule has 0 radical (unpaired) electrons. The molecule has 0 unspecified atom stereocenters. The molecule has 7 heteroatoms. The van der Waals surface area contributed by atoms with Gasteiger partial charge in [-0.15, -0.1) is 0 Å². The minimum absolute atomic E-state index is 0.00271. The molecule has 22 heavy (non-hydrogen) atoms. The number of amides is 3. The molecule has 0 aromatic rings. The summed E-state index contributed by atoms with van der Waals surface area (Å²) < 4.78 is 0. The summed E-state index contributed by atoms with van der Waals surface area (Å²) in [5.74, 6) is -0.305. The number of Topliss-reactive ketones (excluding diaryl/α,β-unsaturated/α-hetero) is 1. The first-order chi connectivity index (χ1) is 10.3. The predicted molar refractivity (Wildman–Crippen MR) is 86.1 cm³/mol. The molecule has 0 aliphatic carbocycles. The quantitative estimate of drug-likeness (QED) is 0.418. The molecule has 7 nitrogen and oxygen atoms in total. The molecule has 0 aliphatic heterocycles. The van der Waals surface area contributed by atoms with Gasteiger partial charge in [-0.3, -0.25) is 9.59 Å². The van der Waals surface area contributed by atoms with Crippen molar-refractivity contribution in [2.24, 2.45) is 17.4 Å². The van der Waals surface area contributed by atoms with Crippen molar-refractivity contribution >= 4 is 17.7 Å². The van der Waals surface area contributed by atoms with Gasteiger partial charge in [0, 0.05) is 13.0 Å². The maximum atomic E-state index is 12.2. The van der Waals surface area contributed by atoms with Crippen LogP contribution in [0.3, 0.4) is 0 Å². The van der Waals surface area contributed by atoms with Crippen molar-refractivity contribution in [3.63, 3.8) is 0 Å². The minimum Gasteiger partial charge on any atom is -0.352 e. The first-order valence-electron chi connectivity index (χ1n) is 7.91. The van der Waals surface area contributed by atoms with Gasteiger partial charge in [-0.05, 0) is 25.2 Å². The number of hydrogen-bond acceptors (Lipinski definition) is 4. The Balaban J connectivity index is 4.54. The number of nitrogens with one attached hydrogen (secondary N) is 2. The van der Waals surface area contributed by atoms with E-state index in [1.807, 2.05) is 20.8 Å². The van der Waals surface area contributed by atoms with Gasteiger partial charge >= 0.3 is 6.03 Å². The number of primary amides is 1. The lowest BCUT2D eigenvalue weighted by molar-refractivity contribution is -0.129. The molecule has 128 valence electrons. The number of nitrogens with two attached hydrogens (primary N) is 2. The van der Waals surface area contributed by atoms with E-state index in [-0.39, 0.29) is 17.6 Å². The first kappa shape index (κ1) is 20.4. The first-order valence-corrected chi connectivity index (χ1v) is 7.91. The zero-order chi connectivity index (χ0) is 17.1. The van der Waals surface area contributed by atoms with Crippen LogP contribution in [0.15, 0.2) is 0 Å². The average molecular weight is 314 g/mol. The normalized spacial score (nSPS) is 13.5. The van der Waals surface area contributed by atoms with Crippen molar-refractivity contribution in [2.75, 3.05) is 6.54 Å². The molecule has 0 heterocycles. The second-order valence-electron chi connectivity index (χ2n) is 5.83. The van der Waals surface area contributed by atoms with Gasteiger partial charge in [0.05, 0.1) is 12.1 Å². The SMILES string of the molecule is CCCCC(=O)[C@H](CCCNC(N)=O)NC(=O)[C@@H](N)C(C)C. The van der Waals surface area contributed by atoms with Crippen molar-refractivity contribution in [3.05, 3.63) is 0 Å². The van der Waals surface area contributed by atoms with E-state index in [1.54, 1.807) is 0 Å². The van der Waals surface area contributed by atoms with Gasteiger partial charge in [0.2, 0.25) is 5.91 Å². The highest BCUT2D eigenvalue weighted by molar-refractivity contribution is 5.90. The molecular formula is C15H30N4O3. The van der Waals surface area contributed by atoms with Crippen LogP contribution in [0.5, 0.6) is 0 Å². The van der Waals surface area contributed by atoms with E-state index in [0.29, 0.717) is 25.8 Å². The standard InChI is InChI=1S/C15H30N4O3/c1-4-5-8-12(20)11(7-6-9-18-15(17)22)19-14(21)13(16)10(2)3/h10-11,13H,4-9,16H2,1-3H3,(H,19,21)(H3,17,18,22)/t11-,13-/m0/s1. The number of hydrogen-bond donors (Lipinski definition) is 4. The highest BCUT2D eigenvalue weighted by Gasteiger charge is 2.24. The molecule has 3 amide bonds. The number of urea groups is 1. The van der Waals surface area contributed by atoms with Crippen LogP contribution in [0.4, 0.5) is 4.79 Å². The zero-order valence-corrected chi connectivity index (χ0v) is 13.9. The molecular weight excluding hydrogens is 284 g/mol. The summed E-state index contributed by atoms with van der Waals surface area (Å²) in [7, 11) is 0. The van der Waals surface area contributed by atoms with E-state index < -0.39 is 18.1 Å². The Morgan fingerprint density at radius 1 is 1.14 bits per heavy atom. The van der Waals surface area contributed by atoms with E-state index in [4.69, 9.17) is 11.5 Å². The third kappa shape index (κ3) is 8.61. The van der Waals surface area contributed by atoms with Crippen LogP contribution in [-0.4, -0.2) is 36.3 Å². The van der Waals surface area contributed by atoms with E-state index in [0.717, 1.165) is 12.8 Å². The van der Waals surface area contributed by atoms with Gasteiger partial charge in [-0.2, -0.15) is 0 Å². The fraction of sp³-hybridized carbons (Fsp3) is 0.800. The Labute approximate surface area is 132 Å². The molecule has 0 spiro atoms. The second-order valence-corrected chi connectivity index (χ2v) is 5.83. The third-order valence-corrected chi connectivity index (χ3v) is 3.47. The Morgan fingerprint density at radius 2 is 1.77 bits per heavy atom. The average Bonchev–Trinajstić information content (AvgIpc) is 2.46. The van der Waals surface area contributed by atoms with Crippen LogP contribution in [0.1, 0.15) is 52.9 Å². The highest BCUT2D eigenvalue weighted by Crippen LogP contribution is 2.07. The van der Waals surface area contributed by atoms with Crippen LogP contribution < -0.4 is 22.1 Å². The Kier molecular flexibility index (Phi) is 10.2. The third-order valence-electron chi connectivity index (χ3n) is 3.47. The van der Waals surface area contributed by atoms with Gasteiger partial charge in [-0.25, -0.2) is 4.79 Å². The zero-order valence-electron chi connectivity index (χ0n) is 13.9. The fourth-order valence-corrected chi connectivity index (χ4v) is 1.93. The van der Waals surface area contributed by atoms with Crippen molar-refractivity contribution in [3.8, 4) is 0 Å². The van der Waals surface area contributed by atoms with E-state index in [2.05, 4.69) is 10.6 Å². The van der Waals surface area contributed by atoms with Crippen LogP contribution in [0, 0.1) is 5.92 Å². The van der Waals surface area contributed by atoms with Crippen LogP contribution >= 0.6 is 0 Å². The largest absolute Gasteiger partial charge is 0.352 e. The molecule has 0 aliphatic rings. The summed E-state index contributed by atoms with van der Waals surface area (Å²) in [6, 6.07) is -1.79. The van der Waals surface area contributed by atoms with Gasteiger partial charge in [0.15, 0.2) is 5.78 Å². The Bertz CT molecular complexity index is 372.